The van der Waals surface area contributed by atoms with Crippen LogP contribution in [0.1, 0.15) is 0 Å². The summed E-state index contributed by atoms with van der Waals surface area (Å²) >= 11 is 0. The van der Waals surface area contributed by atoms with Gasteiger partial charge in [-0.1, -0.05) is 0 Å². The van der Waals surface area contributed by atoms with Crippen molar-refractivity contribution in [2.45, 2.75) is 36.7 Å². The number of hydrogen-bond donors (Lipinski definition) is 5. The zero-order chi connectivity index (χ0) is 16.8. The van der Waals surface area contributed by atoms with Crippen LogP contribution in [0, 0.1) is 0 Å². The predicted octanol–water partition coefficient (Wildman–Crippen LogP) is -3.26. The molecule has 1 amide bonds. The second-order valence-electron chi connectivity index (χ2n) is 5.19. The largest absolute Gasteiger partial charge is 0.469 e. The van der Waals surface area contributed by atoms with Gasteiger partial charge >= 0.3 is 7.82 Å². The third kappa shape index (κ3) is 3.15. The molecule has 1 fully saturated rings. The van der Waals surface area contributed by atoms with Gasteiger partial charge in [-0.2, -0.15) is 0 Å². The number of aliphatic hydroxyl groups is 2. The van der Waals surface area contributed by atoms with E-state index in [9.17, 15) is 19.6 Å². The lowest BCUT2D eigenvalue weighted by Gasteiger charge is -2.31. The monoisotopic (exact) mass is 350 g/mol. The van der Waals surface area contributed by atoms with Crippen molar-refractivity contribution in [3.8, 4) is 0 Å². The van der Waals surface area contributed by atoms with Crippen molar-refractivity contribution in [1.29, 1.82) is 0 Å². The van der Waals surface area contributed by atoms with E-state index in [2.05, 4.69) is 19.8 Å². The van der Waals surface area contributed by atoms with Crippen molar-refractivity contribution in [1.82, 2.24) is 10.2 Å². The van der Waals surface area contributed by atoms with Gasteiger partial charge in [0.05, 0.1) is 19.3 Å². The molecule has 1 saturated heterocycles. The highest BCUT2D eigenvalue weighted by Gasteiger charge is 2.50. The van der Waals surface area contributed by atoms with Crippen LogP contribution in [0.3, 0.4) is 0 Å². The molecule has 12 nitrogen and oxygen atoms in total. The van der Waals surface area contributed by atoms with E-state index in [4.69, 9.17) is 14.5 Å². The van der Waals surface area contributed by atoms with Crippen LogP contribution in [-0.4, -0.2) is 86.8 Å². The molecular formula is C10H15N4O8P. The number of carbonyl (C=O) groups is 1. The smallest absolute Gasteiger partial charge is 0.387 e. The topological polar surface area (TPSA) is 174 Å². The van der Waals surface area contributed by atoms with Crippen molar-refractivity contribution in [2.75, 3.05) is 6.61 Å². The van der Waals surface area contributed by atoms with E-state index in [1.54, 1.807) is 0 Å². The number of hydrogen-bond acceptors (Lipinski definition) is 9. The highest BCUT2D eigenvalue weighted by atomic mass is 31.2. The molecular weight excluding hydrogens is 335 g/mol. The molecule has 3 aliphatic heterocycles. The number of ether oxygens (including phenoxy) is 1. The molecule has 0 bridgehead atoms. The van der Waals surface area contributed by atoms with E-state index in [0.717, 1.165) is 0 Å². The summed E-state index contributed by atoms with van der Waals surface area (Å²) in [7, 11) is -4.73. The molecule has 3 aliphatic rings. The lowest BCUT2D eigenvalue weighted by atomic mass is 10.1. The van der Waals surface area contributed by atoms with Crippen LogP contribution in [-0.2, 0) is 18.6 Å². The minimum Gasteiger partial charge on any atom is -0.387 e. The number of carbonyl (C=O) groups excluding carboxylic acids is 1. The van der Waals surface area contributed by atoms with Gasteiger partial charge in [-0.3, -0.25) is 14.3 Å². The summed E-state index contributed by atoms with van der Waals surface area (Å²) < 4.78 is 20.4. The molecule has 5 N–H and O–H groups in total. The molecule has 0 aromatic heterocycles. The second-order valence-corrected chi connectivity index (χ2v) is 6.43. The van der Waals surface area contributed by atoms with Gasteiger partial charge < -0.3 is 35.0 Å². The highest BCUT2D eigenvalue weighted by Crippen LogP contribution is 2.37. The van der Waals surface area contributed by atoms with Gasteiger partial charge in [0, 0.05) is 0 Å². The minimum atomic E-state index is -4.73. The van der Waals surface area contributed by atoms with Gasteiger partial charge in [0.1, 0.15) is 18.3 Å². The Labute approximate surface area is 129 Å². The van der Waals surface area contributed by atoms with Crippen molar-refractivity contribution in [2.24, 2.45) is 9.98 Å². The average molecular weight is 350 g/mol. The molecule has 3 rings (SSSR count). The minimum absolute atomic E-state index is 0.363. The van der Waals surface area contributed by atoms with Crippen LogP contribution >= 0.6 is 7.82 Å². The first-order valence-corrected chi connectivity index (χ1v) is 8.15. The fraction of sp³-hybridized carbons (Fsp3) is 0.700. The molecule has 128 valence electrons. The first kappa shape index (κ1) is 16.5. The Balaban J connectivity index is 1.70. The predicted molar refractivity (Wildman–Crippen MR) is 73.2 cm³/mol. The standard InChI is InChI=1S/C10H15N4O8P/c15-6-4(1-21-23(18,19)20)22-10(7(6)16)14-3-13-5-8(14)11-2-12-9(5)17/h2-8,10,15-16H,1H2,(H,11,12,17)(H2,18,19,20)/t4-,5-,6+,7+,8-,10-/m0/s1. The van der Waals surface area contributed by atoms with Gasteiger partial charge in [-0.05, 0) is 0 Å². The number of amides is 1. The SMILES string of the molecule is O=C1NC=N[C@@H]2[C@@H]1N=CN2[C@H]1O[C@@H](COP(=O)(O)O)[C@@H](O)[C@H]1O. The molecule has 0 aromatic carbocycles. The van der Waals surface area contributed by atoms with E-state index in [1.165, 1.54) is 17.6 Å². The summed E-state index contributed by atoms with van der Waals surface area (Å²) in [5.41, 5.74) is 0. The fourth-order valence-corrected chi connectivity index (χ4v) is 2.92. The molecule has 0 saturated carbocycles. The third-order valence-electron chi connectivity index (χ3n) is 3.69. The number of aliphatic hydroxyl groups excluding tert-OH is 2. The van der Waals surface area contributed by atoms with Crippen LogP contribution in [0.2, 0.25) is 0 Å². The van der Waals surface area contributed by atoms with Gasteiger partial charge in [0.15, 0.2) is 18.4 Å². The Morgan fingerprint density at radius 1 is 1.35 bits per heavy atom. The zero-order valence-electron chi connectivity index (χ0n) is 11.5. The molecule has 13 heteroatoms. The number of nitrogens with one attached hydrogen (secondary N) is 1. The number of rotatable bonds is 4. The lowest BCUT2D eigenvalue weighted by molar-refractivity contribution is -0.124. The Morgan fingerprint density at radius 2 is 2.09 bits per heavy atom. The molecule has 0 aliphatic carbocycles. The summed E-state index contributed by atoms with van der Waals surface area (Å²) in [5, 5.41) is 22.4. The lowest BCUT2D eigenvalue weighted by Crippen LogP contribution is -2.53. The maximum Gasteiger partial charge on any atom is 0.469 e. The Kier molecular flexibility index (Phi) is 4.23. The number of phosphoric acid groups is 1. The van der Waals surface area contributed by atoms with Gasteiger partial charge in [-0.25, -0.2) is 9.56 Å². The molecule has 0 aromatic rings. The zero-order valence-corrected chi connectivity index (χ0v) is 12.4. The van der Waals surface area contributed by atoms with Crippen molar-refractivity contribution >= 4 is 26.4 Å². The van der Waals surface area contributed by atoms with Crippen LogP contribution in [0.4, 0.5) is 0 Å². The molecule has 0 spiro atoms. The average Bonchev–Trinajstić information content (AvgIpc) is 3.01. The van der Waals surface area contributed by atoms with E-state index < -0.39 is 51.2 Å². The second kappa shape index (κ2) is 5.91. The maximum absolute atomic E-state index is 11.7. The Hall–Kier alpha value is -1.40. The molecule has 3 heterocycles. The number of phosphoric ester groups is 1. The van der Waals surface area contributed by atoms with Gasteiger partial charge in [0.25, 0.3) is 5.91 Å². The summed E-state index contributed by atoms with van der Waals surface area (Å²) in [6, 6.07) is -0.793. The van der Waals surface area contributed by atoms with E-state index in [1.807, 2.05) is 0 Å². The maximum atomic E-state index is 11.7. The number of nitrogens with zero attached hydrogens (tertiary/aromatic N) is 3. The highest BCUT2D eigenvalue weighted by molar-refractivity contribution is 7.46. The molecule has 0 radical (unpaired) electrons. The van der Waals surface area contributed by atoms with Gasteiger partial charge in [0.2, 0.25) is 0 Å². The number of fused-ring (bicyclic) bond motifs is 1. The normalized spacial score (nSPS) is 39.7. The van der Waals surface area contributed by atoms with Crippen LogP contribution in [0.5, 0.6) is 0 Å². The van der Waals surface area contributed by atoms with E-state index in [0.29, 0.717) is 0 Å². The van der Waals surface area contributed by atoms with Crippen molar-refractivity contribution < 1.29 is 38.6 Å². The van der Waals surface area contributed by atoms with Crippen molar-refractivity contribution in [3.05, 3.63) is 0 Å². The Bertz CT molecular complexity index is 593. The quantitative estimate of drug-likeness (QED) is 0.326. The summed E-state index contributed by atoms with van der Waals surface area (Å²) in [4.78, 5) is 38.4. The molecule has 0 unspecified atom stereocenters. The summed E-state index contributed by atoms with van der Waals surface area (Å²) in [6.07, 6.45) is -3.31. The van der Waals surface area contributed by atoms with Crippen molar-refractivity contribution in [3.63, 3.8) is 0 Å². The van der Waals surface area contributed by atoms with Crippen LogP contribution in [0.15, 0.2) is 9.98 Å². The van der Waals surface area contributed by atoms with Gasteiger partial charge in [-0.15, -0.1) is 0 Å². The molecule has 23 heavy (non-hydrogen) atoms. The van der Waals surface area contributed by atoms with E-state index >= 15 is 0 Å². The first-order chi connectivity index (χ1) is 10.8. The van der Waals surface area contributed by atoms with Crippen LogP contribution < -0.4 is 5.32 Å². The summed E-state index contributed by atoms with van der Waals surface area (Å²) in [5.74, 6) is -0.363. The van der Waals surface area contributed by atoms with Crippen LogP contribution in [0.25, 0.3) is 0 Å². The summed E-state index contributed by atoms with van der Waals surface area (Å²) in [6.45, 7) is -0.609. The first-order valence-electron chi connectivity index (χ1n) is 6.62. The molecule has 6 atom stereocenters. The number of aliphatic imine (C=N–C) groups is 2. The third-order valence-corrected chi connectivity index (χ3v) is 4.17. The van der Waals surface area contributed by atoms with E-state index in [-0.39, 0.29) is 5.91 Å². The Morgan fingerprint density at radius 3 is 2.78 bits per heavy atom. The fourth-order valence-electron chi connectivity index (χ4n) is 2.58.